The van der Waals surface area contributed by atoms with Crippen molar-refractivity contribution in [3.63, 3.8) is 0 Å². The van der Waals surface area contributed by atoms with Gasteiger partial charge in [-0.2, -0.15) is 8.78 Å². The number of alkyl halides is 2. The third-order valence-corrected chi connectivity index (χ3v) is 5.46. The van der Waals surface area contributed by atoms with Crippen LogP contribution < -0.4 is 10.1 Å². The molecule has 3 aromatic rings. The van der Waals surface area contributed by atoms with Crippen LogP contribution in [0.2, 0.25) is 0 Å². The normalized spacial score (nSPS) is 16.0. The molecule has 0 atom stereocenters. The van der Waals surface area contributed by atoms with Gasteiger partial charge in [-0.1, -0.05) is 6.07 Å². The number of nitrogens with one attached hydrogen (secondary N) is 1. The zero-order chi connectivity index (χ0) is 21.8. The zero-order valence-corrected chi connectivity index (χ0v) is 16.6. The fraction of sp³-hybridized carbons (Fsp3) is 0.208. The molecule has 3 nitrogen and oxygen atoms in total. The molecule has 160 valence electrons. The lowest BCUT2D eigenvalue weighted by Crippen LogP contribution is -2.20. The van der Waals surface area contributed by atoms with Gasteiger partial charge in [-0.25, -0.2) is 13.8 Å². The third kappa shape index (κ3) is 3.76. The Kier molecular flexibility index (Phi) is 4.50. The first kappa shape index (κ1) is 19.6. The highest BCUT2D eigenvalue weighted by molar-refractivity contribution is 5.81. The lowest BCUT2D eigenvalue weighted by atomic mass is 9.98. The molecule has 2 aromatic carbocycles. The molecule has 31 heavy (non-hydrogen) atoms. The lowest BCUT2D eigenvalue weighted by Gasteiger charge is -2.14. The van der Waals surface area contributed by atoms with Crippen LogP contribution >= 0.6 is 0 Å². The van der Waals surface area contributed by atoms with Crippen LogP contribution in [-0.4, -0.2) is 11.1 Å². The van der Waals surface area contributed by atoms with E-state index in [4.69, 9.17) is 4.74 Å². The fourth-order valence-electron chi connectivity index (χ4n) is 3.82. The number of allylic oxidation sites excluding steroid dienone is 1. The van der Waals surface area contributed by atoms with Crippen LogP contribution in [0.15, 0.2) is 54.2 Å². The van der Waals surface area contributed by atoms with Gasteiger partial charge in [0.2, 0.25) is 0 Å². The van der Waals surface area contributed by atoms with Crippen molar-refractivity contribution in [2.45, 2.75) is 32.3 Å². The molecule has 5 rings (SSSR count). The Hall–Kier alpha value is -3.35. The largest absolute Gasteiger partial charge is 0.432 e. The number of hydrogen-bond donors (Lipinski definition) is 1. The second kappa shape index (κ2) is 7.11. The van der Waals surface area contributed by atoms with E-state index in [9.17, 15) is 17.6 Å². The van der Waals surface area contributed by atoms with Gasteiger partial charge in [0, 0.05) is 18.8 Å². The Morgan fingerprint density at radius 1 is 1.10 bits per heavy atom. The van der Waals surface area contributed by atoms with Gasteiger partial charge in [-0.05, 0) is 72.9 Å². The SMILES string of the molecule is Cc1cc2c(cc1-c1ccc(NC(=C3CC3)c3c(F)cccc3F)nc1)CC(F)(F)O2.[HH]. The molecule has 1 aliphatic carbocycles. The molecule has 0 amide bonds. The van der Waals surface area contributed by atoms with Crippen LogP contribution in [-0.2, 0) is 6.42 Å². The highest BCUT2D eigenvalue weighted by Crippen LogP contribution is 2.41. The number of aryl methyl sites for hydroxylation is 1. The summed E-state index contributed by atoms with van der Waals surface area (Å²) in [5, 5.41) is 3.05. The van der Waals surface area contributed by atoms with Gasteiger partial charge in [0.1, 0.15) is 23.2 Å². The van der Waals surface area contributed by atoms with Gasteiger partial charge in [0.05, 0.1) is 17.7 Å². The summed E-state index contributed by atoms with van der Waals surface area (Å²) in [6, 6.07) is 10.6. The van der Waals surface area contributed by atoms with Crippen LogP contribution in [0, 0.1) is 18.6 Å². The summed E-state index contributed by atoms with van der Waals surface area (Å²) in [4.78, 5) is 4.38. The summed E-state index contributed by atoms with van der Waals surface area (Å²) >= 11 is 0. The number of pyridine rings is 1. The molecule has 7 heteroatoms. The molecule has 2 aliphatic rings. The molecular weight excluding hydrogens is 408 g/mol. The Morgan fingerprint density at radius 3 is 2.48 bits per heavy atom. The molecule has 1 N–H and O–H groups in total. The van der Waals surface area contributed by atoms with E-state index in [2.05, 4.69) is 10.3 Å². The molecule has 0 radical (unpaired) electrons. The predicted octanol–water partition coefficient (Wildman–Crippen LogP) is 6.73. The number of nitrogens with zero attached hydrogens (tertiary/aromatic N) is 1. The molecule has 0 saturated heterocycles. The first-order valence-electron chi connectivity index (χ1n) is 9.91. The molecule has 1 fully saturated rings. The molecule has 2 heterocycles. The standard InChI is InChI=1S/C24H18F4N2O.H2/c1-13-9-20-16(11-24(27,28)31-20)10-17(13)15-7-8-21(29-12-15)30-23(14-5-6-14)22-18(25)3-2-4-19(22)26;/h2-4,7-10,12H,5-6,11H2,1H3,(H,29,30);1H. The monoisotopic (exact) mass is 428 g/mol. The molecule has 0 bridgehead atoms. The number of anilines is 1. The minimum absolute atomic E-state index is 0. The first-order valence-corrected chi connectivity index (χ1v) is 9.91. The number of ether oxygens (including phenoxy) is 1. The van der Waals surface area contributed by atoms with Crippen molar-refractivity contribution in [3.05, 3.63) is 82.6 Å². The highest BCUT2D eigenvalue weighted by Gasteiger charge is 2.40. The van der Waals surface area contributed by atoms with Gasteiger partial charge >= 0.3 is 6.11 Å². The van der Waals surface area contributed by atoms with Crippen molar-refractivity contribution in [1.29, 1.82) is 0 Å². The fourth-order valence-corrected chi connectivity index (χ4v) is 3.82. The van der Waals surface area contributed by atoms with Crippen molar-refractivity contribution < 1.29 is 23.7 Å². The average Bonchev–Trinajstić information content (AvgIpc) is 3.50. The number of benzene rings is 2. The molecule has 0 unspecified atom stereocenters. The molecule has 1 aliphatic heterocycles. The maximum absolute atomic E-state index is 14.3. The highest BCUT2D eigenvalue weighted by atomic mass is 19.3. The summed E-state index contributed by atoms with van der Waals surface area (Å²) in [7, 11) is 0. The number of fused-ring (bicyclic) bond motifs is 1. The van der Waals surface area contributed by atoms with E-state index < -0.39 is 24.2 Å². The lowest BCUT2D eigenvalue weighted by molar-refractivity contribution is -0.159. The second-order valence-electron chi connectivity index (χ2n) is 7.82. The van der Waals surface area contributed by atoms with E-state index in [0.29, 0.717) is 17.1 Å². The van der Waals surface area contributed by atoms with E-state index in [1.54, 1.807) is 30.5 Å². The summed E-state index contributed by atoms with van der Waals surface area (Å²) < 4.78 is 60.4. The average molecular weight is 428 g/mol. The van der Waals surface area contributed by atoms with Crippen molar-refractivity contribution in [1.82, 2.24) is 4.98 Å². The minimum Gasteiger partial charge on any atom is -0.432 e. The summed E-state index contributed by atoms with van der Waals surface area (Å²) in [5.41, 5.74) is 4.01. The van der Waals surface area contributed by atoms with E-state index in [1.807, 2.05) is 6.92 Å². The van der Waals surface area contributed by atoms with Gasteiger partial charge in [-0.3, -0.25) is 0 Å². The summed E-state index contributed by atoms with van der Waals surface area (Å²) in [6.45, 7) is 1.82. The van der Waals surface area contributed by atoms with Crippen LogP contribution in [0.5, 0.6) is 5.75 Å². The zero-order valence-electron chi connectivity index (χ0n) is 16.6. The van der Waals surface area contributed by atoms with Crippen LogP contribution in [0.3, 0.4) is 0 Å². The van der Waals surface area contributed by atoms with Gasteiger partial charge in [0.15, 0.2) is 0 Å². The third-order valence-electron chi connectivity index (χ3n) is 5.46. The number of rotatable bonds is 4. The van der Waals surface area contributed by atoms with Crippen molar-refractivity contribution in [2.75, 3.05) is 5.32 Å². The van der Waals surface area contributed by atoms with Crippen LogP contribution in [0.4, 0.5) is 23.4 Å². The molecular formula is C24H20F4N2O. The van der Waals surface area contributed by atoms with E-state index in [0.717, 1.165) is 35.1 Å². The Labute approximate surface area is 177 Å². The van der Waals surface area contributed by atoms with E-state index in [-0.39, 0.29) is 12.7 Å². The summed E-state index contributed by atoms with van der Waals surface area (Å²) in [6.07, 6.45) is -0.496. The van der Waals surface area contributed by atoms with Gasteiger partial charge < -0.3 is 10.1 Å². The van der Waals surface area contributed by atoms with Crippen molar-refractivity contribution >= 4 is 11.5 Å². The van der Waals surface area contributed by atoms with E-state index >= 15 is 0 Å². The van der Waals surface area contributed by atoms with Crippen LogP contribution in [0.1, 0.15) is 31.0 Å². The van der Waals surface area contributed by atoms with Gasteiger partial charge in [0.25, 0.3) is 0 Å². The smallest absolute Gasteiger partial charge is 0.402 e. The Bertz CT molecular complexity index is 1200. The second-order valence-corrected chi connectivity index (χ2v) is 7.82. The molecule has 0 spiro atoms. The number of aromatic nitrogens is 1. The van der Waals surface area contributed by atoms with Crippen LogP contribution in [0.25, 0.3) is 16.8 Å². The predicted molar refractivity (Wildman–Crippen MR) is 112 cm³/mol. The van der Waals surface area contributed by atoms with Gasteiger partial charge in [-0.15, -0.1) is 0 Å². The molecule has 1 aromatic heterocycles. The first-order chi connectivity index (χ1) is 14.8. The quantitative estimate of drug-likeness (QED) is 0.468. The Balaban J connectivity index is 0.00000245. The maximum Gasteiger partial charge on any atom is 0.402 e. The molecule has 1 saturated carbocycles. The topological polar surface area (TPSA) is 34.2 Å². The number of hydrogen-bond acceptors (Lipinski definition) is 3. The summed E-state index contributed by atoms with van der Waals surface area (Å²) in [5.74, 6) is -0.628. The van der Waals surface area contributed by atoms with E-state index in [1.165, 1.54) is 18.2 Å². The van der Waals surface area contributed by atoms with Crippen molar-refractivity contribution in [2.24, 2.45) is 0 Å². The minimum atomic E-state index is -3.19. The maximum atomic E-state index is 14.3. The Morgan fingerprint density at radius 2 is 1.84 bits per heavy atom. The number of halogens is 4. The van der Waals surface area contributed by atoms with Crippen molar-refractivity contribution in [3.8, 4) is 16.9 Å².